The molecule has 1 heterocycles. The third-order valence-corrected chi connectivity index (χ3v) is 8.44. The molecule has 0 spiro atoms. The minimum absolute atomic E-state index is 0.0381. The van der Waals surface area contributed by atoms with Crippen LogP contribution in [-0.2, 0) is 6.42 Å². The number of nitrogens with one attached hydrogen (secondary N) is 1. The number of carbonyl (C=O) groups excluding carboxylic acids is 1. The van der Waals surface area contributed by atoms with Crippen LogP contribution < -0.4 is 14.8 Å². The van der Waals surface area contributed by atoms with Gasteiger partial charge >= 0.3 is 6.09 Å². The molecule has 3 unspecified atom stereocenters. The Morgan fingerprint density at radius 3 is 2.22 bits per heavy atom. The van der Waals surface area contributed by atoms with Gasteiger partial charge in [-0.25, -0.2) is 4.79 Å². The van der Waals surface area contributed by atoms with E-state index < -0.39 is 11.0 Å². The van der Waals surface area contributed by atoms with Crippen molar-refractivity contribution in [3.8, 4) is 11.5 Å². The molecule has 0 aromatic heterocycles. The lowest BCUT2D eigenvalue weighted by Gasteiger charge is -2.36. The molecular formula is C34H50N2O5. The van der Waals surface area contributed by atoms with Crippen LogP contribution in [-0.4, -0.2) is 16.6 Å². The summed E-state index contributed by atoms with van der Waals surface area (Å²) in [7, 11) is 0. The van der Waals surface area contributed by atoms with E-state index in [1.54, 1.807) is 0 Å². The Kier molecular flexibility index (Phi) is 12.0. The second-order valence-corrected chi connectivity index (χ2v) is 13.0. The summed E-state index contributed by atoms with van der Waals surface area (Å²) in [6.07, 6.45) is 12.7. The maximum absolute atomic E-state index is 12.5. The molecule has 0 bridgehead atoms. The van der Waals surface area contributed by atoms with Gasteiger partial charge in [0.1, 0.15) is 17.1 Å². The van der Waals surface area contributed by atoms with Crippen LogP contribution in [0.3, 0.4) is 0 Å². The van der Waals surface area contributed by atoms with Gasteiger partial charge in [-0.1, -0.05) is 72.6 Å². The number of hydrogen-bond donors (Lipinski definition) is 1. The van der Waals surface area contributed by atoms with Crippen LogP contribution in [0.4, 0.5) is 16.2 Å². The molecule has 1 N–H and O–H groups in total. The smallest absolute Gasteiger partial charge is 0.417 e. The van der Waals surface area contributed by atoms with Gasteiger partial charge in [0.25, 0.3) is 5.69 Å². The number of aryl methyl sites for hydroxylation is 2. The Balaban J connectivity index is 1.42. The first-order valence-electron chi connectivity index (χ1n) is 15.5. The van der Waals surface area contributed by atoms with E-state index in [0.29, 0.717) is 11.4 Å². The molecule has 41 heavy (non-hydrogen) atoms. The molecule has 1 aliphatic rings. The summed E-state index contributed by atoms with van der Waals surface area (Å²) < 4.78 is 12.1. The van der Waals surface area contributed by atoms with Crippen molar-refractivity contribution in [2.75, 3.05) is 5.32 Å². The zero-order chi connectivity index (χ0) is 30.0. The minimum atomic E-state index is -0.641. The Labute approximate surface area is 246 Å². The molecule has 0 radical (unpaired) electrons. The Morgan fingerprint density at radius 2 is 1.61 bits per heavy atom. The molecule has 2 aromatic rings. The van der Waals surface area contributed by atoms with Crippen molar-refractivity contribution in [2.24, 2.45) is 17.8 Å². The first kappa shape index (κ1) is 32.4. The predicted octanol–water partition coefficient (Wildman–Crippen LogP) is 10.0. The molecule has 0 fully saturated rings. The molecule has 7 heteroatoms. The number of nitro groups is 1. The van der Waals surface area contributed by atoms with Gasteiger partial charge in [0.05, 0.1) is 4.92 Å². The van der Waals surface area contributed by atoms with Gasteiger partial charge in [-0.05, 0) is 92.7 Å². The molecule has 226 valence electrons. The van der Waals surface area contributed by atoms with Crippen molar-refractivity contribution >= 4 is 17.5 Å². The second-order valence-electron chi connectivity index (χ2n) is 13.0. The van der Waals surface area contributed by atoms with E-state index in [2.05, 4.69) is 39.9 Å². The molecule has 1 amide bonds. The van der Waals surface area contributed by atoms with Crippen LogP contribution in [0.5, 0.6) is 11.5 Å². The van der Waals surface area contributed by atoms with Crippen LogP contribution in [0.25, 0.3) is 0 Å². The van der Waals surface area contributed by atoms with Gasteiger partial charge in [-0.2, -0.15) is 0 Å². The lowest BCUT2D eigenvalue weighted by Crippen LogP contribution is -2.36. The summed E-state index contributed by atoms with van der Waals surface area (Å²) in [5, 5.41) is 13.4. The number of hydrogen-bond acceptors (Lipinski definition) is 5. The summed E-state index contributed by atoms with van der Waals surface area (Å²) in [6.45, 7) is 13.6. The summed E-state index contributed by atoms with van der Waals surface area (Å²) >= 11 is 0. The number of anilines is 1. The molecule has 0 saturated heterocycles. The first-order chi connectivity index (χ1) is 19.4. The highest BCUT2D eigenvalue weighted by Gasteiger charge is 2.32. The lowest BCUT2D eigenvalue weighted by atomic mass is 9.86. The Hall–Kier alpha value is -3.09. The molecule has 0 aliphatic carbocycles. The van der Waals surface area contributed by atoms with Crippen LogP contribution in [0, 0.1) is 34.8 Å². The fraction of sp³-hybridized carbons (Fsp3) is 0.618. The Bertz CT molecular complexity index is 1150. The van der Waals surface area contributed by atoms with Gasteiger partial charge in [0, 0.05) is 17.8 Å². The lowest BCUT2D eigenvalue weighted by molar-refractivity contribution is -0.384. The number of rotatable bonds is 15. The van der Waals surface area contributed by atoms with Gasteiger partial charge in [0.2, 0.25) is 0 Å². The average Bonchev–Trinajstić information content (AvgIpc) is 2.89. The van der Waals surface area contributed by atoms with Gasteiger partial charge < -0.3 is 9.47 Å². The number of nitrogens with zero attached hydrogens (tertiary/aromatic N) is 1. The van der Waals surface area contributed by atoms with E-state index in [-0.39, 0.29) is 11.3 Å². The average molecular weight is 567 g/mol. The van der Waals surface area contributed by atoms with Crippen molar-refractivity contribution in [3.05, 3.63) is 57.6 Å². The highest BCUT2D eigenvalue weighted by atomic mass is 16.6. The highest BCUT2D eigenvalue weighted by molar-refractivity contribution is 5.86. The quantitative estimate of drug-likeness (QED) is 0.171. The normalized spacial score (nSPS) is 17.8. The molecule has 3 rings (SSSR count). The van der Waals surface area contributed by atoms with Gasteiger partial charge in [0.15, 0.2) is 0 Å². The maximum Gasteiger partial charge on any atom is 0.417 e. The van der Waals surface area contributed by atoms with Crippen molar-refractivity contribution in [1.82, 2.24) is 0 Å². The molecule has 7 nitrogen and oxygen atoms in total. The van der Waals surface area contributed by atoms with Crippen LogP contribution in [0.1, 0.15) is 110 Å². The highest BCUT2D eigenvalue weighted by Crippen LogP contribution is 2.39. The van der Waals surface area contributed by atoms with Crippen molar-refractivity contribution < 1.29 is 19.2 Å². The molecule has 0 saturated carbocycles. The number of fused-ring (bicyclic) bond motifs is 1. The predicted molar refractivity (Wildman–Crippen MR) is 166 cm³/mol. The Morgan fingerprint density at radius 1 is 1.00 bits per heavy atom. The molecule has 2 aromatic carbocycles. The zero-order valence-electron chi connectivity index (χ0n) is 26.0. The number of nitro benzene ring substituents is 1. The number of ether oxygens (including phenoxy) is 2. The van der Waals surface area contributed by atoms with Crippen LogP contribution in [0.15, 0.2) is 36.4 Å². The second kappa shape index (κ2) is 15.2. The van der Waals surface area contributed by atoms with E-state index in [0.717, 1.165) is 53.9 Å². The standard InChI is InChI=1S/C34H50N2O5/c1-24(2)10-7-11-25(3)12-8-13-26(4)14-9-20-34(6)21-19-28-23-31(27(5)22-32(28)41-34)40-33(37)35-29-15-17-30(18-16-29)36(38)39/h15-18,22-26H,7-14,19-21H2,1-6H3,(H,35,37). The van der Waals surface area contributed by atoms with Gasteiger partial charge in [-0.15, -0.1) is 0 Å². The third kappa shape index (κ3) is 10.7. The SMILES string of the molecule is Cc1cc2c(cc1OC(=O)Nc1ccc([N+](=O)[O-])cc1)CCC(C)(CCCC(C)CCCC(C)CCCC(C)C)O2. The molecule has 3 atom stereocenters. The van der Waals surface area contributed by atoms with Crippen LogP contribution in [0.2, 0.25) is 0 Å². The fourth-order valence-electron chi connectivity index (χ4n) is 5.71. The summed E-state index contributed by atoms with van der Waals surface area (Å²) in [6, 6.07) is 9.49. The van der Waals surface area contributed by atoms with Crippen molar-refractivity contribution in [3.63, 3.8) is 0 Å². The van der Waals surface area contributed by atoms with E-state index >= 15 is 0 Å². The fourth-order valence-corrected chi connectivity index (χ4v) is 5.71. The topological polar surface area (TPSA) is 90.7 Å². The first-order valence-corrected chi connectivity index (χ1v) is 15.5. The third-order valence-electron chi connectivity index (χ3n) is 8.44. The van der Waals surface area contributed by atoms with E-state index in [1.165, 1.54) is 75.6 Å². The molecule has 1 aliphatic heterocycles. The summed E-state index contributed by atoms with van der Waals surface area (Å²) in [5.41, 5.74) is 2.07. The monoisotopic (exact) mass is 566 g/mol. The summed E-state index contributed by atoms with van der Waals surface area (Å²) in [4.78, 5) is 22.8. The number of carbonyl (C=O) groups is 1. The van der Waals surface area contributed by atoms with E-state index in [9.17, 15) is 14.9 Å². The van der Waals surface area contributed by atoms with E-state index in [4.69, 9.17) is 9.47 Å². The van der Waals surface area contributed by atoms with E-state index in [1.807, 2.05) is 19.1 Å². The molecular weight excluding hydrogens is 516 g/mol. The number of amides is 1. The summed E-state index contributed by atoms with van der Waals surface area (Å²) in [5.74, 6) is 3.76. The minimum Gasteiger partial charge on any atom is -0.487 e. The largest absolute Gasteiger partial charge is 0.487 e. The number of benzene rings is 2. The van der Waals surface area contributed by atoms with Gasteiger partial charge in [-0.3, -0.25) is 15.4 Å². The number of non-ortho nitro benzene ring substituents is 1. The van der Waals surface area contributed by atoms with Crippen LogP contribution >= 0.6 is 0 Å². The van der Waals surface area contributed by atoms with Crippen molar-refractivity contribution in [2.45, 2.75) is 118 Å². The van der Waals surface area contributed by atoms with Crippen molar-refractivity contribution in [1.29, 1.82) is 0 Å². The zero-order valence-corrected chi connectivity index (χ0v) is 26.0. The maximum atomic E-state index is 12.5.